The third kappa shape index (κ3) is 3.08. The summed E-state index contributed by atoms with van der Waals surface area (Å²) < 4.78 is 13.6. The highest BCUT2D eigenvalue weighted by molar-refractivity contribution is 5.63. The summed E-state index contributed by atoms with van der Waals surface area (Å²) in [5.41, 5.74) is 2.17. The zero-order valence-electron chi connectivity index (χ0n) is 11.5. The van der Waals surface area contributed by atoms with Crippen molar-refractivity contribution < 1.29 is 4.39 Å². The van der Waals surface area contributed by atoms with Gasteiger partial charge in [0, 0.05) is 25.1 Å². The fraction of sp³-hybridized carbons (Fsp3) is 0.333. The van der Waals surface area contributed by atoms with Gasteiger partial charge in [-0.05, 0) is 25.0 Å². The van der Waals surface area contributed by atoms with Crippen molar-refractivity contribution in [1.29, 1.82) is 0 Å². The molecule has 1 N–H and O–H groups in total. The molecule has 0 atom stereocenters. The molecule has 1 aromatic heterocycles. The Balaban J connectivity index is 2.47. The summed E-state index contributed by atoms with van der Waals surface area (Å²) in [5.74, 6) is 1.33. The lowest BCUT2D eigenvalue weighted by atomic mass is 10.1. The fourth-order valence-corrected chi connectivity index (χ4v) is 1.86. The predicted molar refractivity (Wildman–Crippen MR) is 75.7 cm³/mol. The van der Waals surface area contributed by atoms with Crippen molar-refractivity contribution in [2.75, 3.05) is 12.4 Å². The van der Waals surface area contributed by atoms with Crippen LogP contribution in [0, 0.1) is 12.7 Å². The van der Waals surface area contributed by atoms with Gasteiger partial charge in [-0.1, -0.05) is 19.1 Å². The molecule has 2 rings (SSSR count). The Morgan fingerprint density at radius 1 is 1.21 bits per heavy atom. The number of hydrogen-bond donors (Lipinski definition) is 1. The molecule has 0 bridgehead atoms. The van der Waals surface area contributed by atoms with Crippen LogP contribution in [-0.2, 0) is 6.42 Å². The smallest absolute Gasteiger partial charge is 0.131 e. The molecular weight excluding hydrogens is 241 g/mol. The minimum Gasteiger partial charge on any atom is -0.373 e. The molecule has 19 heavy (non-hydrogen) atoms. The molecule has 0 aliphatic heterocycles. The van der Waals surface area contributed by atoms with Crippen molar-refractivity contribution in [3.8, 4) is 11.3 Å². The van der Waals surface area contributed by atoms with E-state index in [9.17, 15) is 4.39 Å². The maximum Gasteiger partial charge on any atom is 0.131 e. The van der Waals surface area contributed by atoms with Gasteiger partial charge in [-0.3, -0.25) is 0 Å². The molecule has 0 aliphatic rings. The molecule has 0 amide bonds. The van der Waals surface area contributed by atoms with Crippen LogP contribution < -0.4 is 5.32 Å². The fourth-order valence-electron chi connectivity index (χ4n) is 1.86. The molecule has 4 heteroatoms. The van der Waals surface area contributed by atoms with Crippen LogP contribution in [0.3, 0.4) is 0 Å². The van der Waals surface area contributed by atoms with Gasteiger partial charge in [-0.2, -0.15) is 0 Å². The van der Waals surface area contributed by atoms with Gasteiger partial charge >= 0.3 is 0 Å². The second-order valence-corrected chi connectivity index (χ2v) is 4.52. The average Bonchev–Trinajstić information content (AvgIpc) is 2.42. The summed E-state index contributed by atoms with van der Waals surface area (Å²) in [4.78, 5) is 8.89. The molecule has 0 saturated heterocycles. The first kappa shape index (κ1) is 13.5. The number of nitrogens with one attached hydrogen (secondary N) is 1. The molecule has 0 unspecified atom stereocenters. The standard InChI is InChI=1S/C15H18FN3/c1-4-5-14-18-13(9-15(17-3)19-14)11-7-6-10(2)12(16)8-11/h6-9H,4-5H2,1-3H3,(H,17,18,19). The summed E-state index contributed by atoms with van der Waals surface area (Å²) in [7, 11) is 1.82. The van der Waals surface area contributed by atoms with Crippen molar-refractivity contribution in [1.82, 2.24) is 9.97 Å². The van der Waals surface area contributed by atoms with Gasteiger partial charge in [-0.15, -0.1) is 0 Å². The van der Waals surface area contributed by atoms with Crippen LogP contribution in [0.4, 0.5) is 10.2 Å². The first-order valence-electron chi connectivity index (χ1n) is 6.46. The third-order valence-electron chi connectivity index (χ3n) is 2.97. The van der Waals surface area contributed by atoms with Crippen LogP contribution in [0.5, 0.6) is 0 Å². The van der Waals surface area contributed by atoms with Crippen LogP contribution in [0.2, 0.25) is 0 Å². The molecule has 0 saturated carbocycles. The maximum absolute atomic E-state index is 13.6. The van der Waals surface area contributed by atoms with Crippen LogP contribution in [-0.4, -0.2) is 17.0 Å². The van der Waals surface area contributed by atoms with E-state index in [4.69, 9.17) is 0 Å². The lowest BCUT2D eigenvalue weighted by Gasteiger charge is -2.08. The Labute approximate surface area is 112 Å². The Morgan fingerprint density at radius 2 is 2.00 bits per heavy atom. The summed E-state index contributed by atoms with van der Waals surface area (Å²) in [6.45, 7) is 3.83. The monoisotopic (exact) mass is 259 g/mol. The quantitative estimate of drug-likeness (QED) is 0.911. The highest BCUT2D eigenvalue weighted by atomic mass is 19.1. The molecule has 1 heterocycles. The normalized spacial score (nSPS) is 10.5. The first-order valence-corrected chi connectivity index (χ1v) is 6.46. The summed E-state index contributed by atoms with van der Waals surface area (Å²) in [5, 5.41) is 3.02. The Hall–Kier alpha value is -1.97. The van der Waals surface area contributed by atoms with Crippen molar-refractivity contribution >= 4 is 5.82 Å². The summed E-state index contributed by atoms with van der Waals surface area (Å²) >= 11 is 0. The topological polar surface area (TPSA) is 37.8 Å². The average molecular weight is 259 g/mol. The van der Waals surface area contributed by atoms with Crippen molar-refractivity contribution in [2.24, 2.45) is 0 Å². The zero-order chi connectivity index (χ0) is 13.8. The van der Waals surface area contributed by atoms with Gasteiger partial charge in [0.2, 0.25) is 0 Å². The number of aryl methyl sites for hydroxylation is 2. The third-order valence-corrected chi connectivity index (χ3v) is 2.97. The molecule has 0 fully saturated rings. The minimum atomic E-state index is -0.209. The van der Waals surface area contributed by atoms with Crippen molar-refractivity contribution in [3.05, 3.63) is 41.5 Å². The molecule has 1 aromatic carbocycles. The number of rotatable bonds is 4. The second kappa shape index (κ2) is 5.78. The molecule has 100 valence electrons. The van der Waals surface area contributed by atoms with E-state index < -0.39 is 0 Å². The minimum absolute atomic E-state index is 0.209. The van der Waals surface area contributed by atoms with Gasteiger partial charge in [0.25, 0.3) is 0 Å². The zero-order valence-corrected chi connectivity index (χ0v) is 11.5. The van der Waals surface area contributed by atoms with Gasteiger partial charge in [0.05, 0.1) is 5.69 Å². The SMILES string of the molecule is CCCc1nc(NC)cc(-c2ccc(C)c(F)c2)n1. The largest absolute Gasteiger partial charge is 0.373 e. The van der Waals surface area contributed by atoms with E-state index in [1.54, 1.807) is 13.0 Å². The van der Waals surface area contributed by atoms with Crippen LogP contribution >= 0.6 is 0 Å². The molecule has 0 spiro atoms. The molecule has 0 aliphatic carbocycles. The van der Waals surface area contributed by atoms with E-state index in [-0.39, 0.29) is 5.82 Å². The van der Waals surface area contributed by atoms with Crippen molar-refractivity contribution in [3.63, 3.8) is 0 Å². The van der Waals surface area contributed by atoms with Gasteiger partial charge in [-0.25, -0.2) is 14.4 Å². The number of anilines is 1. The van der Waals surface area contributed by atoms with E-state index >= 15 is 0 Å². The lowest BCUT2D eigenvalue weighted by Crippen LogP contribution is -2.01. The Bertz CT molecular complexity index is 582. The van der Waals surface area contributed by atoms with Gasteiger partial charge in [0.15, 0.2) is 0 Å². The van der Waals surface area contributed by atoms with E-state index in [0.29, 0.717) is 5.56 Å². The molecule has 2 aromatic rings. The second-order valence-electron chi connectivity index (χ2n) is 4.52. The number of nitrogens with zero attached hydrogens (tertiary/aromatic N) is 2. The van der Waals surface area contributed by atoms with E-state index in [0.717, 1.165) is 35.7 Å². The highest BCUT2D eigenvalue weighted by Gasteiger charge is 2.07. The highest BCUT2D eigenvalue weighted by Crippen LogP contribution is 2.22. The van der Waals surface area contributed by atoms with Gasteiger partial charge in [0.1, 0.15) is 17.5 Å². The maximum atomic E-state index is 13.6. The number of halogens is 1. The van der Waals surface area contributed by atoms with E-state index in [1.165, 1.54) is 6.07 Å². The number of hydrogen-bond acceptors (Lipinski definition) is 3. The van der Waals surface area contributed by atoms with Crippen molar-refractivity contribution in [2.45, 2.75) is 26.7 Å². The van der Waals surface area contributed by atoms with Crippen LogP contribution in [0.1, 0.15) is 24.7 Å². The molecular formula is C15H18FN3. The van der Waals surface area contributed by atoms with Crippen LogP contribution in [0.25, 0.3) is 11.3 Å². The Morgan fingerprint density at radius 3 is 2.63 bits per heavy atom. The predicted octanol–water partition coefficient (Wildman–Crippen LogP) is 3.59. The molecule has 3 nitrogen and oxygen atoms in total. The summed E-state index contributed by atoms with van der Waals surface area (Å²) in [6, 6.07) is 7.01. The number of benzene rings is 1. The summed E-state index contributed by atoms with van der Waals surface area (Å²) in [6.07, 6.45) is 1.80. The van der Waals surface area contributed by atoms with Gasteiger partial charge < -0.3 is 5.32 Å². The Kier molecular flexibility index (Phi) is 4.10. The van der Waals surface area contributed by atoms with E-state index in [1.807, 2.05) is 19.2 Å². The lowest BCUT2D eigenvalue weighted by molar-refractivity contribution is 0.619. The molecule has 0 radical (unpaired) electrons. The first-order chi connectivity index (χ1) is 9.13. The van der Waals surface area contributed by atoms with E-state index in [2.05, 4.69) is 22.2 Å². The van der Waals surface area contributed by atoms with Crippen LogP contribution in [0.15, 0.2) is 24.3 Å². The number of aromatic nitrogens is 2.